The van der Waals surface area contributed by atoms with Crippen LogP contribution < -0.4 is 10.6 Å². The summed E-state index contributed by atoms with van der Waals surface area (Å²) in [6, 6.07) is 13.7. The van der Waals surface area contributed by atoms with E-state index in [4.69, 9.17) is 0 Å². The number of amides is 3. The van der Waals surface area contributed by atoms with Crippen LogP contribution >= 0.6 is 0 Å². The summed E-state index contributed by atoms with van der Waals surface area (Å²) in [5.41, 5.74) is 2.48. The Morgan fingerprint density at radius 1 is 1.10 bits per heavy atom. The van der Waals surface area contributed by atoms with Gasteiger partial charge >= 0.3 is 6.03 Å². The first kappa shape index (κ1) is 26.7. The number of aryl methyl sites for hydroxylation is 1. The van der Waals surface area contributed by atoms with Crippen LogP contribution in [0.1, 0.15) is 31.2 Å². The van der Waals surface area contributed by atoms with Gasteiger partial charge in [-0.25, -0.2) is 13.9 Å². The van der Waals surface area contributed by atoms with Crippen molar-refractivity contribution in [1.82, 2.24) is 35.3 Å². The van der Waals surface area contributed by atoms with Gasteiger partial charge in [0.2, 0.25) is 5.91 Å². The number of nitrogens with zero attached hydrogens (tertiary/aromatic N) is 6. The predicted octanol–water partition coefficient (Wildman–Crippen LogP) is 3.08. The number of nitrogens with one attached hydrogen (secondary N) is 2. The number of anilines is 1. The molecule has 1 saturated carbocycles. The zero-order valence-electron chi connectivity index (χ0n) is 22.4. The first-order valence-electron chi connectivity index (χ1n) is 13.5. The molecule has 10 nitrogen and oxygen atoms in total. The minimum Gasteiger partial charge on any atom is -0.340 e. The normalized spacial score (nSPS) is 22.1. The minimum absolute atomic E-state index is 0.0198. The fraction of sp³-hybridized carbons (Fsp3) is 0.464. The van der Waals surface area contributed by atoms with E-state index in [9.17, 15) is 14.0 Å². The summed E-state index contributed by atoms with van der Waals surface area (Å²) < 4.78 is 14.9. The number of hydrogen-bond donors (Lipinski definition) is 2. The number of halogens is 1. The number of aromatic nitrogens is 4. The topological polar surface area (TPSA) is 108 Å². The van der Waals surface area contributed by atoms with Gasteiger partial charge in [-0.3, -0.25) is 9.69 Å². The van der Waals surface area contributed by atoms with Gasteiger partial charge in [-0.2, -0.15) is 0 Å². The van der Waals surface area contributed by atoms with Crippen LogP contribution in [0.4, 0.5) is 14.9 Å². The van der Waals surface area contributed by atoms with Gasteiger partial charge in [-0.05, 0) is 65.4 Å². The molecule has 0 spiro atoms. The molecule has 2 heterocycles. The fourth-order valence-corrected chi connectivity index (χ4v) is 5.72. The maximum absolute atomic E-state index is 13.4. The zero-order chi connectivity index (χ0) is 27.4. The van der Waals surface area contributed by atoms with Crippen molar-refractivity contribution in [3.8, 4) is 11.4 Å². The van der Waals surface area contributed by atoms with E-state index in [1.807, 2.05) is 36.2 Å². The predicted molar refractivity (Wildman–Crippen MR) is 145 cm³/mol. The molecule has 2 aromatic carbocycles. The van der Waals surface area contributed by atoms with Crippen LogP contribution in [0.2, 0.25) is 0 Å². The molecule has 2 N–H and O–H groups in total. The third kappa shape index (κ3) is 6.59. The Hall–Kier alpha value is -3.86. The maximum atomic E-state index is 13.4. The van der Waals surface area contributed by atoms with E-state index in [0.717, 1.165) is 49.9 Å². The van der Waals surface area contributed by atoms with Crippen molar-refractivity contribution in [3.05, 3.63) is 59.9 Å². The molecule has 0 unspecified atom stereocenters. The highest BCUT2D eigenvalue weighted by atomic mass is 19.1. The average Bonchev–Trinajstić information content (AvgIpc) is 3.35. The smallest absolute Gasteiger partial charge is 0.319 e. The van der Waals surface area contributed by atoms with E-state index in [1.165, 1.54) is 12.1 Å². The molecule has 0 bridgehead atoms. The van der Waals surface area contributed by atoms with Gasteiger partial charge in [0.25, 0.3) is 0 Å². The number of rotatable bonds is 7. The van der Waals surface area contributed by atoms with E-state index < -0.39 is 0 Å². The van der Waals surface area contributed by atoms with Gasteiger partial charge in [0.05, 0.1) is 6.54 Å². The lowest BCUT2D eigenvalue weighted by atomic mass is 9.84. The third-order valence-electron chi connectivity index (χ3n) is 7.87. The molecule has 206 valence electrons. The zero-order valence-corrected chi connectivity index (χ0v) is 22.4. The Balaban J connectivity index is 1.20. The van der Waals surface area contributed by atoms with Crippen LogP contribution in [0.5, 0.6) is 0 Å². The quantitative estimate of drug-likeness (QED) is 0.482. The van der Waals surface area contributed by atoms with Crippen LogP contribution in [0.3, 0.4) is 0 Å². The number of tetrazole rings is 1. The second kappa shape index (κ2) is 11.9. The summed E-state index contributed by atoms with van der Waals surface area (Å²) in [6.07, 6.45) is 4.76. The summed E-state index contributed by atoms with van der Waals surface area (Å²) in [5.74, 6) is 0.697. The summed E-state index contributed by atoms with van der Waals surface area (Å²) in [7, 11) is 3.61. The molecule has 1 aliphatic heterocycles. The standard InChI is InChI=1S/C28H35FN8O2/c1-35-24(14-19-10-12-22(29)13-11-19)17-37(18-26(35)38)16-21-6-3-4-9-25(21)31-28(39)30-23-8-5-7-20(15-23)27-32-33-34-36(27)2/h5,7-8,10-13,15,21,24-25H,3-4,6,9,14,16-18H2,1-2H3,(H2,30,31,39)/t21-,24-,25+/m0/s1. The highest BCUT2D eigenvalue weighted by Crippen LogP contribution is 2.27. The Morgan fingerprint density at radius 3 is 2.67 bits per heavy atom. The molecule has 1 saturated heterocycles. The van der Waals surface area contributed by atoms with Crippen LogP contribution in [0, 0.1) is 11.7 Å². The molecule has 1 aliphatic carbocycles. The number of hydrogen-bond acceptors (Lipinski definition) is 6. The van der Waals surface area contributed by atoms with Crippen LogP contribution in [0.15, 0.2) is 48.5 Å². The molecular formula is C28H35FN8O2. The molecule has 2 aliphatic rings. The van der Waals surface area contributed by atoms with Crippen LogP contribution in [-0.4, -0.2) is 80.7 Å². The van der Waals surface area contributed by atoms with E-state index in [0.29, 0.717) is 24.5 Å². The largest absolute Gasteiger partial charge is 0.340 e. The highest BCUT2D eigenvalue weighted by molar-refractivity contribution is 5.90. The monoisotopic (exact) mass is 534 g/mol. The van der Waals surface area contributed by atoms with Crippen LogP contribution in [-0.2, 0) is 18.3 Å². The fourth-order valence-electron chi connectivity index (χ4n) is 5.72. The Bertz CT molecular complexity index is 1300. The molecule has 3 amide bonds. The molecule has 5 rings (SSSR count). The number of piperazine rings is 1. The van der Waals surface area contributed by atoms with Crippen molar-refractivity contribution in [1.29, 1.82) is 0 Å². The first-order chi connectivity index (χ1) is 18.9. The molecule has 3 aromatic rings. The van der Waals surface area contributed by atoms with Crippen molar-refractivity contribution in [3.63, 3.8) is 0 Å². The van der Waals surface area contributed by atoms with Crippen molar-refractivity contribution < 1.29 is 14.0 Å². The lowest BCUT2D eigenvalue weighted by Crippen LogP contribution is -2.57. The number of carbonyl (C=O) groups excluding carboxylic acids is 2. The Kier molecular flexibility index (Phi) is 8.16. The molecule has 39 heavy (non-hydrogen) atoms. The Labute approximate surface area is 227 Å². The maximum Gasteiger partial charge on any atom is 0.319 e. The highest BCUT2D eigenvalue weighted by Gasteiger charge is 2.34. The summed E-state index contributed by atoms with van der Waals surface area (Å²) in [5, 5.41) is 17.7. The van der Waals surface area contributed by atoms with Crippen molar-refractivity contribution in [2.75, 3.05) is 32.0 Å². The second-order valence-electron chi connectivity index (χ2n) is 10.6. The number of urea groups is 1. The molecule has 3 atom stereocenters. The lowest BCUT2D eigenvalue weighted by molar-refractivity contribution is -0.138. The van der Waals surface area contributed by atoms with Gasteiger partial charge in [-0.1, -0.05) is 37.1 Å². The van der Waals surface area contributed by atoms with E-state index >= 15 is 0 Å². The SMILES string of the molecule is CN1C(=O)CN(C[C@@H]2CCCC[C@H]2NC(=O)Nc2cccc(-c3nnnn3C)c2)C[C@@H]1Cc1ccc(F)cc1. The first-order valence-corrected chi connectivity index (χ1v) is 13.5. The van der Waals surface area contributed by atoms with E-state index in [-0.39, 0.29) is 35.8 Å². The van der Waals surface area contributed by atoms with E-state index in [2.05, 4.69) is 31.1 Å². The number of carbonyl (C=O) groups is 2. The summed E-state index contributed by atoms with van der Waals surface area (Å²) in [6.45, 7) is 1.87. The molecule has 0 radical (unpaired) electrons. The summed E-state index contributed by atoms with van der Waals surface area (Å²) in [4.78, 5) is 29.9. The van der Waals surface area contributed by atoms with Gasteiger partial charge in [0.15, 0.2) is 5.82 Å². The number of likely N-dealkylation sites (N-methyl/N-ethyl adjacent to an activating group) is 1. The third-order valence-corrected chi connectivity index (χ3v) is 7.87. The van der Waals surface area contributed by atoms with Gasteiger partial charge < -0.3 is 15.5 Å². The second-order valence-corrected chi connectivity index (χ2v) is 10.6. The van der Waals surface area contributed by atoms with Crippen molar-refractivity contribution in [2.24, 2.45) is 13.0 Å². The van der Waals surface area contributed by atoms with Gasteiger partial charge in [0.1, 0.15) is 5.82 Å². The molecule has 2 fully saturated rings. The number of benzene rings is 2. The van der Waals surface area contributed by atoms with Crippen LogP contribution in [0.25, 0.3) is 11.4 Å². The minimum atomic E-state index is -0.260. The molecular weight excluding hydrogens is 499 g/mol. The summed E-state index contributed by atoms with van der Waals surface area (Å²) >= 11 is 0. The molecule has 1 aromatic heterocycles. The van der Waals surface area contributed by atoms with E-state index in [1.54, 1.807) is 23.9 Å². The lowest BCUT2D eigenvalue weighted by Gasteiger charge is -2.42. The van der Waals surface area contributed by atoms with Gasteiger partial charge in [-0.15, -0.1) is 5.10 Å². The Morgan fingerprint density at radius 2 is 1.90 bits per heavy atom. The average molecular weight is 535 g/mol. The van der Waals surface area contributed by atoms with Crippen molar-refractivity contribution >= 4 is 17.6 Å². The van der Waals surface area contributed by atoms with Crippen molar-refractivity contribution in [2.45, 2.75) is 44.2 Å². The van der Waals surface area contributed by atoms with Gasteiger partial charge in [0, 0.05) is 50.5 Å². The molecule has 11 heteroatoms.